The highest BCUT2D eigenvalue weighted by Gasteiger charge is 2.49. The Kier molecular flexibility index (Phi) is 3.75. The first-order valence-electron chi connectivity index (χ1n) is 7.26. The topological polar surface area (TPSA) is 83.5 Å². The van der Waals surface area contributed by atoms with Gasteiger partial charge in [-0.25, -0.2) is 13.1 Å². The standard InChI is InChI=1S/C15H19NO4S/c17-15(18)13(8-10-6-7-10)16-21(19,20)14-9-12(14)11-4-2-1-3-5-11/h1-5,10,12-14,16H,6-9H2,(H,17,18)/t12-,13-,14+/m0/s1. The van der Waals surface area contributed by atoms with Crippen LogP contribution in [0.15, 0.2) is 30.3 Å². The van der Waals surface area contributed by atoms with Gasteiger partial charge in [0.2, 0.25) is 10.0 Å². The second-order valence-electron chi connectivity index (χ2n) is 6.02. The van der Waals surface area contributed by atoms with Gasteiger partial charge in [0, 0.05) is 5.92 Å². The normalized spacial score (nSPS) is 26.3. The number of aliphatic carboxylic acids is 1. The molecule has 2 saturated carbocycles. The first-order valence-corrected chi connectivity index (χ1v) is 8.81. The number of sulfonamides is 1. The highest BCUT2D eigenvalue weighted by Crippen LogP contribution is 2.45. The Bertz CT molecular complexity index is 624. The van der Waals surface area contributed by atoms with Crippen molar-refractivity contribution in [2.24, 2.45) is 5.92 Å². The molecule has 2 fully saturated rings. The van der Waals surface area contributed by atoms with E-state index in [9.17, 15) is 18.3 Å². The van der Waals surface area contributed by atoms with E-state index in [-0.39, 0.29) is 5.92 Å². The number of carboxylic acids is 1. The fourth-order valence-corrected chi connectivity index (χ4v) is 4.56. The van der Waals surface area contributed by atoms with E-state index in [4.69, 9.17) is 0 Å². The Morgan fingerprint density at radius 3 is 2.52 bits per heavy atom. The van der Waals surface area contributed by atoms with Gasteiger partial charge in [-0.1, -0.05) is 43.2 Å². The quantitative estimate of drug-likeness (QED) is 0.803. The van der Waals surface area contributed by atoms with Crippen LogP contribution in [0.1, 0.15) is 37.2 Å². The molecule has 0 unspecified atom stereocenters. The van der Waals surface area contributed by atoms with Gasteiger partial charge in [0.25, 0.3) is 0 Å². The molecule has 0 spiro atoms. The molecule has 3 rings (SSSR count). The van der Waals surface area contributed by atoms with Crippen LogP contribution in [0.2, 0.25) is 0 Å². The minimum atomic E-state index is -3.58. The first kappa shape index (κ1) is 14.5. The zero-order chi connectivity index (χ0) is 15.0. The Hall–Kier alpha value is -1.40. The molecule has 2 N–H and O–H groups in total. The molecule has 0 amide bonds. The van der Waals surface area contributed by atoms with Crippen LogP contribution in [0.5, 0.6) is 0 Å². The molecule has 0 radical (unpaired) electrons. The lowest BCUT2D eigenvalue weighted by Gasteiger charge is -2.14. The van der Waals surface area contributed by atoms with Crippen molar-refractivity contribution in [1.29, 1.82) is 0 Å². The van der Waals surface area contributed by atoms with Crippen LogP contribution in [0.3, 0.4) is 0 Å². The van der Waals surface area contributed by atoms with Gasteiger partial charge in [-0.3, -0.25) is 4.79 Å². The molecular formula is C15H19NO4S. The summed E-state index contributed by atoms with van der Waals surface area (Å²) >= 11 is 0. The number of nitrogens with one attached hydrogen (secondary N) is 1. The minimum Gasteiger partial charge on any atom is -0.480 e. The summed E-state index contributed by atoms with van der Waals surface area (Å²) in [6, 6.07) is 8.51. The highest BCUT2D eigenvalue weighted by atomic mass is 32.2. The van der Waals surface area contributed by atoms with E-state index in [1.54, 1.807) is 0 Å². The summed E-state index contributed by atoms with van der Waals surface area (Å²) in [7, 11) is -3.58. The number of hydrogen-bond acceptors (Lipinski definition) is 3. The van der Waals surface area contributed by atoms with Crippen molar-refractivity contribution < 1.29 is 18.3 Å². The Labute approximate surface area is 124 Å². The van der Waals surface area contributed by atoms with Crippen LogP contribution < -0.4 is 4.72 Å². The van der Waals surface area contributed by atoms with E-state index in [1.807, 2.05) is 30.3 Å². The van der Waals surface area contributed by atoms with E-state index < -0.39 is 27.3 Å². The van der Waals surface area contributed by atoms with Crippen molar-refractivity contribution in [3.8, 4) is 0 Å². The third kappa shape index (κ3) is 3.44. The lowest BCUT2D eigenvalue weighted by Crippen LogP contribution is -2.42. The maximum absolute atomic E-state index is 12.3. The minimum absolute atomic E-state index is 0.0148. The van der Waals surface area contributed by atoms with Crippen LogP contribution in [0.4, 0.5) is 0 Å². The Morgan fingerprint density at radius 1 is 1.29 bits per heavy atom. The number of rotatable bonds is 7. The summed E-state index contributed by atoms with van der Waals surface area (Å²) < 4.78 is 27.0. The smallest absolute Gasteiger partial charge is 0.321 e. The van der Waals surface area contributed by atoms with Crippen LogP contribution in [0.25, 0.3) is 0 Å². The van der Waals surface area contributed by atoms with Gasteiger partial charge in [0.15, 0.2) is 0 Å². The maximum atomic E-state index is 12.3. The predicted octanol–water partition coefficient (Wildman–Crippen LogP) is 1.72. The number of carboxylic acid groups (broad SMARTS) is 1. The van der Waals surface area contributed by atoms with E-state index >= 15 is 0 Å². The Balaban J connectivity index is 1.65. The molecule has 0 saturated heterocycles. The summed E-state index contributed by atoms with van der Waals surface area (Å²) in [5.41, 5.74) is 1.00. The van der Waals surface area contributed by atoms with E-state index in [1.165, 1.54) is 0 Å². The lowest BCUT2D eigenvalue weighted by molar-refractivity contribution is -0.139. The molecule has 2 aliphatic rings. The van der Waals surface area contributed by atoms with Gasteiger partial charge < -0.3 is 5.11 Å². The molecule has 114 valence electrons. The van der Waals surface area contributed by atoms with Crippen LogP contribution in [0, 0.1) is 5.92 Å². The van der Waals surface area contributed by atoms with Gasteiger partial charge in [0.1, 0.15) is 6.04 Å². The number of hydrogen-bond donors (Lipinski definition) is 2. The van der Waals surface area contributed by atoms with Crippen LogP contribution >= 0.6 is 0 Å². The molecule has 0 heterocycles. The molecule has 5 nitrogen and oxygen atoms in total. The fraction of sp³-hybridized carbons (Fsp3) is 0.533. The first-order chi connectivity index (χ1) is 9.97. The zero-order valence-corrected chi connectivity index (χ0v) is 12.4. The molecule has 6 heteroatoms. The molecule has 0 aliphatic heterocycles. The summed E-state index contributed by atoms with van der Waals surface area (Å²) in [4.78, 5) is 11.2. The van der Waals surface area contributed by atoms with Crippen LogP contribution in [-0.2, 0) is 14.8 Å². The highest BCUT2D eigenvalue weighted by molar-refractivity contribution is 7.90. The molecule has 21 heavy (non-hydrogen) atoms. The van der Waals surface area contributed by atoms with E-state index in [2.05, 4.69) is 4.72 Å². The molecule has 1 aromatic rings. The average molecular weight is 309 g/mol. The maximum Gasteiger partial charge on any atom is 0.321 e. The third-order valence-corrected chi connectivity index (χ3v) is 6.16. The van der Waals surface area contributed by atoms with Gasteiger partial charge in [-0.2, -0.15) is 0 Å². The second-order valence-corrected chi connectivity index (χ2v) is 7.96. The molecule has 0 aromatic heterocycles. The van der Waals surface area contributed by atoms with Gasteiger partial charge in [-0.15, -0.1) is 0 Å². The summed E-state index contributed by atoms with van der Waals surface area (Å²) in [5, 5.41) is 8.67. The van der Waals surface area contributed by atoms with Gasteiger partial charge in [0.05, 0.1) is 5.25 Å². The van der Waals surface area contributed by atoms with Crippen LogP contribution in [-0.4, -0.2) is 30.8 Å². The summed E-state index contributed by atoms with van der Waals surface area (Å²) in [6.07, 6.45) is 2.97. The summed E-state index contributed by atoms with van der Waals surface area (Å²) in [5.74, 6) is -0.737. The van der Waals surface area contributed by atoms with Crippen molar-refractivity contribution in [3.05, 3.63) is 35.9 Å². The van der Waals surface area contributed by atoms with Crippen molar-refractivity contribution >= 4 is 16.0 Å². The molecule has 3 atom stereocenters. The number of benzene rings is 1. The second kappa shape index (κ2) is 5.42. The van der Waals surface area contributed by atoms with Gasteiger partial charge in [-0.05, 0) is 24.3 Å². The molecule has 1 aromatic carbocycles. The largest absolute Gasteiger partial charge is 0.480 e. The molecule has 2 aliphatic carbocycles. The average Bonchev–Trinajstić information content (AvgIpc) is 3.32. The summed E-state index contributed by atoms with van der Waals surface area (Å²) in [6.45, 7) is 0. The Morgan fingerprint density at radius 2 is 1.95 bits per heavy atom. The SMILES string of the molecule is O=C(O)[C@H](CC1CC1)NS(=O)(=O)[C@@H]1C[C@H]1c1ccccc1. The van der Waals surface area contributed by atoms with Crippen molar-refractivity contribution in [1.82, 2.24) is 4.72 Å². The van der Waals surface area contributed by atoms with E-state index in [0.29, 0.717) is 18.8 Å². The van der Waals surface area contributed by atoms with Gasteiger partial charge >= 0.3 is 5.97 Å². The van der Waals surface area contributed by atoms with E-state index in [0.717, 1.165) is 18.4 Å². The van der Waals surface area contributed by atoms with Crippen molar-refractivity contribution in [2.75, 3.05) is 0 Å². The zero-order valence-electron chi connectivity index (χ0n) is 11.6. The number of carbonyl (C=O) groups is 1. The molecule has 0 bridgehead atoms. The monoisotopic (exact) mass is 309 g/mol. The van der Waals surface area contributed by atoms with Crippen molar-refractivity contribution in [2.45, 2.75) is 42.9 Å². The van der Waals surface area contributed by atoms with Crippen molar-refractivity contribution in [3.63, 3.8) is 0 Å². The fourth-order valence-electron chi connectivity index (χ4n) is 2.74. The lowest BCUT2D eigenvalue weighted by atomic mass is 10.1. The predicted molar refractivity (Wildman–Crippen MR) is 78.4 cm³/mol. The third-order valence-electron chi connectivity index (χ3n) is 4.23. The molecular weight excluding hydrogens is 290 g/mol.